The second-order valence-corrected chi connectivity index (χ2v) is 21.1. The number of nitrogens with one attached hydrogen (secondary N) is 3. The fourth-order valence-corrected chi connectivity index (χ4v) is 8.77. The van der Waals surface area contributed by atoms with Gasteiger partial charge in [-0.3, -0.25) is 9.59 Å². The van der Waals surface area contributed by atoms with E-state index in [4.69, 9.17) is 20.2 Å². The summed E-state index contributed by atoms with van der Waals surface area (Å²) in [7, 11) is 6.85. The fourth-order valence-electron chi connectivity index (χ4n) is 7.66. The summed E-state index contributed by atoms with van der Waals surface area (Å²) >= 11 is 0. The summed E-state index contributed by atoms with van der Waals surface area (Å²) in [5.41, 5.74) is 3.47. The van der Waals surface area contributed by atoms with Crippen LogP contribution in [0.2, 0.25) is 0 Å². The molecule has 0 atom stereocenters. The van der Waals surface area contributed by atoms with Crippen LogP contribution in [0.5, 0.6) is 11.5 Å². The van der Waals surface area contributed by atoms with Crippen molar-refractivity contribution in [1.82, 2.24) is 28.9 Å². The van der Waals surface area contributed by atoms with Gasteiger partial charge in [-0.2, -0.15) is 29.8 Å². The molecule has 3 N–H and O–H groups in total. The largest absolute Gasteiger partial charge is 0.496 e. The number of benzene rings is 4. The van der Waals surface area contributed by atoms with Crippen molar-refractivity contribution in [2.45, 2.75) is 46.0 Å². The van der Waals surface area contributed by atoms with Crippen molar-refractivity contribution in [3.8, 4) is 11.5 Å². The van der Waals surface area contributed by atoms with E-state index in [-0.39, 0.29) is 30.1 Å². The molecule has 0 spiro atoms. The summed E-state index contributed by atoms with van der Waals surface area (Å²) in [6.45, 7) is 4.00. The van der Waals surface area contributed by atoms with Crippen LogP contribution in [-0.4, -0.2) is 123 Å². The number of nitrogens with zero attached hydrogens (tertiary/aromatic N) is 3. The smallest absolute Gasteiger partial charge is 0.299 e. The molecule has 0 aliphatic carbocycles. The van der Waals surface area contributed by atoms with E-state index < -0.39 is 19.4 Å². The van der Waals surface area contributed by atoms with Gasteiger partial charge in [-0.25, -0.2) is 0 Å². The lowest BCUT2D eigenvalue weighted by Crippen LogP contribution is -2.51. The number of hydrogen-bond acceptors (Lipinski definition) is 9. The molecule has 0 bridgehead atoms. The Labute approximate surface area is 386 Å². The van der Waals surface area contributed by atoms with Gasteiger partial charge in [0.25, 0.3) is 31.3 Å². The van der Waals surface area contributed by atoms with Crippen molar-refractivity contribution in [2.75, 3.05) is 81.7 Å². The first-order chi connectivity index (χ1) is 29.9. The molecule has 2 saturated heterocycles. The minimum atomic E-state index is -3.44. The maximum atomic E-state index is 12.9. The number of halogens is 1. The zero-order chi connectivity index (χ0) is 46.1. The molecular weight excluding hydrogens is 876 g/mol. The van der Waals surface area contributed by atoms with E-state index in [0.717, 1.165) is 43.1 Å². The fraction of sp³-hybridized carbons (Fsp3) is 0.447. The number of hydrogen-bond donors (Lipinski definition) is 3. The maximum absolute atomic E-state index is 12.9. The zero-order valence-electron chi connectivity index (χ0n) is 37.2. The van der Waals surface area contributed by atoms with Gasteiger partial charge in [0.05, 0.1) is 25.3 Å². The molecule has 2 aliphatic rings. The first-order valence-electron chi connectivity index (χ1n) is 20.8. The quantitative estimate of drug-likeness (QED) is 0.117. The molecule has 4 aromatic rings. The molecule has 352 valence electrons. The SMILES string of the molecule is C.CN(C)S(=O)(=O)Cl.COc1ccccc1C(=O)NCC1(Cc2ccccc2)CCN(S(=O)(=O)N(C)C)CC1.COc1ccccc1C(=O)NCC1(Cc2ccccc2)CCNCC1. The summed E-state index contributed by atoms with van der Waals surface area (Å²) in [5.74, 6) is 0.892. The molecule has 0 aromatic heterocycles. The Morgan fingerprint density at radius 2 is 0.984 bits per heavy atom. The third-order valence-corrected chi connectivity index (χ3v) is 15.1. The van der Waals surface area contributed by atoms with Gasteiger partial charge in [0.15, 0.2) is 0 Å². The summed E-state index contributed by atoms with van der Waals surface area (Å²) in [6.07, 6.45) is 5.22. The molecular formula is C47H67ClN6O8S2. The number of methoxy groups -OCH3 is 2. The number of ether oxygens (including phenoxy) is 2. The Morgan fingerprint density at radius 3 is 1.34 bits per heavy atom. The lowest BCUT2D eigenvalue weighted by Gasteiger charge is -2.42. The van der Waals surface area contributed by atoms with Gasteiger partial charge in [0.1, 0.15) is 11.5 Å². The van der Waals surface area contributed by atoms with E-state index in [1.165, 1.54) is 33.8 Å². The lowest BCUT2D eigenvalue weighted by atomic mass is 9.74. The highest BCUT2D eigenvalue weighted by molar-refractivity contribution is 8.11. The summed E-state index contributed by atoms with van der Waals surface area (Å²) in [6, 6.07) is 35.2. The van der Waals surface area contributed by atoms with Gasteiger partial charge in [0, 0.05) is 65.1 Å². The maximum Gasteiger partial charge on any atom is 0.299 e. The Bertz CT molecular complexity index is 2270. The van der Waals surface area contributed by atoms with E-state index in [1.54, 1.807) is 46.5 Å². The van der Waals surface area contributed by atoms with Gasteiger partial charge in [-0.15, -0.1) is 0 Å². The van der Waals surface area contributed by atoms with Gasteiger partial charge < -0.3 is 25.4 Å². The van der Waals surface area contributed by atoms with Crippen molar-refractivity contribution < 1.29 is 35.9 Å². The first-order valence-corrected chi connectivity index (χ1v) is 24.5. The van der Waals surface area contributed by atoms with Gasteiger partial charge in [-0.1, -0.05) is 92.4 Å². The van der Waals surface area contributed by atoms with Crippen molar-refractivity contribution >= 4 is 41.9 Å². The Hall–Kier alpha value is -4.55. The Kier molecular flexibility index (Phi) is 21.2. The third-order valence-electron chi connectivity index (χ3n) is 11.5. The van der Waals surface area contributed by atoms with Crippen LogP contribution in [-0.2, 0) is 32.3 Å². The molecule has 2 amide bonds. The number of rotatable bonds is 15. The second kappa shape index (κ2) is 25.2. The molecule has 0 radical (unpaired) electrons. The van der Waals surface area contributed by atoms with Crippen LogP contribution in [0.3, 0.4) is 0 Å². The summed E-state index contributed by atoms with van der Waals surface area (Å²) < 4.78 is 59.5. The molecule has 17 heteroatoms. The van der Waals surface area contributed by atoms with E-state index >= 15 is 0 Å². The molecule has 64 heavy (non-hydrogen) atoms. The normalized spacial score (nSPS) is 15.8. The number of para-hydroxylation sites is 2. The van der Waals surface area contributed by atoms with Crippen molar-refractivity contribution in [2.24, 2.45) is 10.8 Å². The predicted octanol–water partition coefficient (Wildman–Crippen LogP) is 6.26. The van der Waals surface area contributed by atoms with Crippen LogP contribution in [0.15, 0.2) is 109 Å². The highest BCUT2D eigenvalue weighted by atomic mass is 35.7. The minimum absolute atomic E-state index is 0. The summed E-state index contributed by atoms with van der Waals surface area (Å²) in [4.78, 5) is 25.5. The van der Waals surface area contributed by atoms with Crippen LogP contribution in [0, 0.1) is 10.8 Å². The zero-order valence-corrected chi connectivity index (χ0v) is 39.6. The van der Waals surface area contributed by atoms with Crippen LogP contribution in [0.1, 0.15) is 65.0 Å². The van der Waals surface area contributed by atoms with E-state index in [0.29, 0.717) is 61.6 Å². The molecule has 6 rings (SSSR count). The first kappa shape index (κ1) is 53.8. The molecule has 2 aliphatic heterocycles. The molecule has 2 fully saturated rings. The van der Waals surface area contributed by atoms with Crippen LogP contribution < -0.4 is 25.4 Å². The van der Waals surface area contributed by atoms with E-state index in [1.807, 2.05) is 54.6 Å². The average molecular weight is 944 g/mol. The Morgan fingerprint density at radius 1 is 0.625 bits per heavy atom. The number of carbonyl (C=O) groups excluding carboxylic acids is 2. The Balaban J connectivity index is 0.000000297. The topological polar surface area (TPSA) is 167 Å². The summed E-state index contributed by atoms with van der Waals surface area (Å²) in [5, 5.41) is 9.67. The molecule has 0 saturated carbocycles. The monoisotopic (exact) mass is 942 g/mol. The van der Waals surface area contributed by atoms with Gasteiger partial charge in [-0.05, 0) is 97.8 Å². The van der Waals surface area contributed by atoms with Crippen molar-refractivity contribution in [3.63, 3.8) is 0 Å². The van der Waals surface area contributed by atoms with Crippen LogP contribution >= 0.6 is 10.7 Å². The van der Waals surface area contributed by atoms with E-state index in [2.05, 4.69) is 52.3 Å². The lowest BCUT2D eigenvalue weighted by molar-refractivity contribution is 0.0886. The van der Waals surface area contributed by atoms with Gasteiger partial charge in [0.2, 0.25) is 0 Å². The van der Waals surface area contributed by atoms with E-state index in [9.17, 15) is 26.4 Å². The second-order valence-electron chi connectivity index (χ2n) is 16.3. The number of amides is 2. The molecule has 0 unspecified atom stereocenters. The molecule has 2 heterocycles. The van der Waals surface area contributed by atoms with Crippen LogP contribution in [0.4, 0.5) is 0 Å². The number of carbonyl (C=O) groups is 2. The van der Waals surface area contributed by atoms with Crippen LogP contribution in [0.25, 0.3) is 0 Å². The number of piperidine rings is 2. The average Bonchev–Trinajstić information content (AvgIpc) is 3.28. The van der Waals surface area contributed by atoms with Crippen molar-refractivity contribution in [3.05, 3.63) is 131 Å². The van der Waals surface area contributed by atoms with Crippen molar-refractivity contribution in [1.29, 1.82) is 0 Å². The third kappa shape index (κ3) is 15.9. The highest BCUT2D eigenvalue weighted by Gasteiger charge is 2.39. The highest BCUT2D eigenvalue weighted by Crippen LogP contribution is 2.36. The van der Waals surface area contributed by atoms with Gasteiger partial charge >= 0.3 is 0 Å². The standard InChI is InChI=1S/C23H31N3O4S.C21H26N2O2.C2H6ClNO2S.CH4/c1-25(2)31(28,29)26-15-13-23(14-16-26,17-19-9-5-4-6-10-19)18-24-22(27)20-11-7-8-12-21(20)30-3;1-25-19-10-6-5-9-18(19)20(24)23-16-21(11-13-22-14-12-21)15-17-7-3-2-4-8-17;1-4(2)7(3,5)6;/h4-12H,13-18H2,1-3H3,(H,24,27);2-10,22H,11-16H2,1H3,(H,23,24);1-2H3;1H4. The predicted molar refractivity (Wildman–Crippen MR) is 257 cm³/mol. The molecule has 4 aromatic carbocycles. The minimum Gasteiger partial charge on any atom is -0.496 e. The molecule has 14 nitrogen and oxygen atoms in total.